The second kappa shape index (κ2) is 9.51. The van der Waals surface area contributed by atoms with E-state index in [0.29, 0.717) is 23.4 Å². The summed E-state index contributed by atoms with van der Waals surface area (Å²) in [5, 5.41) is 2.85. The summed E-state index contributed by atoms with van der Waals surface area (Å²) in [6.45, 7) is 7.59. The highest BCUT2D eigenvalue weighted by atomic mass is 16.5. The van der Waals surface area contributed by atoms with Crippen molar-refractivity contribution >= 4 is 17.6 Å². The number of carbonyl (C=O) groups excluding carboxylic acids is 2. The number of nitrogens with zero attached hydrogens (tertiary/aromatic N) is 1. The van der Waals surface area contributed by atoms with Crippen LogP contribution in [0.15, 0.2) is 48.5 Å². The molecule has 1 saturated heterocycles. The van der Waals surface area contributed by atoms with Crippen molar-refractivity contribution in [3.8, 4) is 0 Å². The number of ether oxygens (including phenoxy) is 1. The van der Waals surface area contributed by atoms with E-state index in [4.69, 9.17) is 4.74 Å². The van der Waals surface area contributed by atoms with Crippen molar-refractivity contribution in [2.45, 2.75) is 33.2 Å². The van der Waals surface area contributed by atoms with Crippen LogP contribution in [0.2, 0.25) is 0 Å². The topological polar surface area (TPSA) is 58.6 Å². The molecule has 148 valence electrons. The molecule has 1 aliphatic rings. The average Bonchev–Trinajstić information content (AvgIpc) is 2.69. The molecule has 5 nitrogen and oxygen atoms in total. The number of likely N-dealkylation sites (tertiary alicyclic amines) is 1. The van der Waals surface area contributed by atoms with Gasteiger partial charge in [-0.2, -0.15) is 0 Å². The first kappa shape index (κ1) is 20.1. The summed E-state index contributed by atoms with van der Waals surface area (Å²) in [6, 6.07) is 14.5. The minimum absolute atomic E-state index is 0.195. The zero-order valence-corrected chi connectivity index (χ0v) is 16.6. The van der Waals surface area contributed by atoms with Crippen LogP contribution in [0.5, 0.6) is 0 Å². The first-order valence-corrected chi connectivity index (χ1v) is 9.95. The first-order chi connectivity index (χ1) is 13.5. The molecule has 2 aromatic rings. The van der Waals surface area contributed by atoms with Gasteiger partial charge >= 0.3 is 5.97 Å². The third-order valence-corrected chi connectivity index (χ3v) is 5.00. The Morgan fingerprint density at radius 2 is 1.93 bits per heavy atom. The first-order valence-electron chi connectivity index (χ1n) is 9.95. The van der Waals surface area contributed by atoms with Gasteiger partial charge in [0.15, 0.2) is 0 Å². The van der Waals surface area contributed by atoms with Gasteiger partial charge in [0.2, 0.25) is 0 Å². The fourth-order valence-electron chi connectivity index (χ4n) is 3.59. The van der Waals surface area contributed by atoms with E-state index in [9.17, 15) is 9.59 Å². The molecule has 1 N–H and O–H groups in total. The van der Waals surface area contributed by atoms with Crippen molar-refractivity contribution in [3.63, 3.8) is 0 Å². The molecule has 0 unspecified atom stereocenters. The Hall–Kier alpha value is -2.66. The number of anilines is 1. The minimum atomic E-state index is -0.394. The van der Waals surface area contributed by atoms with Crippen LogP contribution >= 0.6 is 0 Å². The molecule has 1 amide bonds. The number of benzene rings is 2. The fourth-order valence-corrected chi connectivity index (χ4v) is 3.59. The van der Waals surface area contributed by atoms with E-state index in [-0.39, 0.29) is 5.91 Å². The van der Waals surface area contributed by atoms with Gasteiger partial charge in [0.05, 0.1) is 12.2 Å². The van der Waals surface area contributed by atoms with E-state index >= 15 is 0 Å². The minimum Gasteiger partial charge on any atom is -0.462 e. The second-order valence-electron chi connectivity index (χ2n) is 7.43. The van der Waals surface area contributed by atoms with E-state index in [0.717, 1.165) is 25.6 Å². The van der Waals surface area contributed by atoms with Crippen molar-refractivity contribution in [1.29, 1.82) is 0 Å². The molecule has 1 heterocycles. The van der Waals surface area contributed by atoms with Gasteiger partial charge in [-0.05, 0) is 68.1 Å². The highest BCUT2D eigenvalue weighted by Crippen LogP contribution is 2.18. The Bertz CT molecular complexity index is 817. The van der Waals surface area contributed by atoms with Crippen LogP contribution in [-0.4, -0.2) is 36.5 Å². The largest absolute Gasteiger partial charge is 0.462 e. The van der Waals surface area contributed by atoms with E-state index in [1.807, 2.05) is 24.3 Å². The van der Waals surface area contributed by atoms with E-state index in [1.165, 1.54) is 18.4 Å². The molecule has 5 heteroatoms. The lowest BCUT2D eigenvalue weighted by atomic mass is 9.99. The third kappa shape index (κ3) is 5.42. The predicted octanol–water partition coefficient (Wildman–Crippen LogP) is 4.35. The molecule has 0 aliphatic carbocycles. The normalized spacial score (nSPS) is 17.1. The van der Waals surface area contributed by atoms with Crippen molar-refractivity contribution in [3.05, 3.63) is 65.2 Å². The van der Waals surface area contributed by atoms with Crippen molar-refractivity contribution in [2.24, 2.45) is 5.92 Å². The maximum Gasteiger partial charge on any atom is 0.338 e. The Kier molecular flexibility index (Phi) is 6.82. The smallest absolute Gasteiger partial charge is 0.338 e. The van der Waals surface area contributed by atoms with Gasteiger partial charge in [-0.25, -0.2) is 4.79 Å². The molecule has 0 bridgehead atoms. The van der Waals surface area contributed by atoms with E-state index in [2.05, 4.69) is 17.1 Å². The maximum absolute atomic E-state index is 12.5. The third-order valence-electron chi connectivity index (χ3n) is 5.00. The molecule has 0 saturated carbocycles. The average molecular weight is 380 g/mol. The van der Waals surface area contributed by atoms with Crippen LogP contribution < -0.4 is 5.32 Å². The van der Waals surface area contributed by atoms with Crippen LogP contribution in [0.1, 0.15) is 53.0 Å². The number of rotatable bonds is 6. The highest BCUT2D eigenvalue weighted by molar-refractivity contribution is 6.04. The second-order valence-corrected chi connectivity index (χ2v) is 7.43. The van der Waals surface area contributed by atoms with Crippen LogP contribution in [0.3, 0.4) is 0 Å². The Balaban J connectivity index is 1.60. The number of nitrogens with one attached hydrogen (secondary N) is 1. The summed E-state index contributed by atoms with van der Waals surface area (Å²) in [7, 11) is 0. The molecule has 0 aromatic heterocycles. The van der Waals surface area contributed by atoms with Crippen LogP contribution in [0, 0.1) is 5.92 Å². The summed E-state index contributed by atoms with van der Waals surface area (Å²) in [6.07, 6.45) is 2.57. The van der Waals surface area contributed by atoms with Gasteiger partial charge in [-0.1, -0.05) is 25.1 Å². The molecule has 1 fully saturated rings. The zero-order valence-electron chi connectivity index (χ0n) is 16.6. The highest BCUT2D eigenvalue weighted by Gasteiger charge is 2.16. The Morgan fingerprint density at radius 3 is 2.64 bits per heavy atom. The van der Waals surface area contributed by atoms with Crippen molar-refractivity contribution in [1.82, 2.24) is 4.90 Å². The number of hydrogen-bond acceptors (Lipinski definition) is 4. The molecule has 3 rings (SSSR count). The molecular weight excluding hydrogens is 352 g/mol. The summed E-state index contributed by atoms with van der Waals surface area (Å²) < 4.78 is 5.00. The van der Waals surface area contributed by atoms with Crippen LogP contribution in [0.4, 0.5) is 5.69 Å². The monoisotopic (exact) mass is 380 g/mol. The van der Waals surface area contributed by atoms with Gasteiger partial charge in [0, 0.05) is 24.3 Å². The summed E-state index contributed by atoms with van der Waals surface area (Å²) in [5.74, 6) is 0.165. The lowest BCUT2D eigenvalue weighted by Gasteiger charge is -2.30. The van der Waals surface area contributed by atoms with Gasteiger partial charge in [0.25, 0.3) is 5.91 Å². The SMILES string of the molecule is CCOC(=O)c1cccc(NC(=O)c2ccc(CN3CCC[C@H](C)C3)cc2)c1. The lowest BCUT2D eigenvalue weighted by Crippen LogP contribution is -2.33. The molecular formula is C23H28N2O3. The van der Waals surface area contributed by atoms with E-state index < -0.39 is 5.97 Å². The zero-order chi connectivity index (χ0) is 19.9. The number of hydrogen-bond donors (Lipinski definition) is 1. The molecule has 0 radical (unpaired) electrons. The van der Waals surface area contributed by atoms with E-state index in [1.54, 1.807) is 31.2 Å². The van der Waals surface area contributed by atoms with Crippen LogP contribution in [0.25, 0.3) is 0 Å². The Morgan fingerprint density at radius 1 is 1.14 bits per heavy atom. The number of piperidine rings is 1. The van der Waals surface area contributed by atoms with Gasteiger partial charge in [-0.15, -0.1) is 0 Å². The standard InChI is InChI=1S/C23H28N2O3/c1-3-28-23(27)20-7-4-8-21(14-20)24-22(26)19-11-9-18(10-12-19)16-25-13-5-6-17(2)15-25/h4,7-12,14,17H,3,5-6,13,15-16H2,1-2H3,(H,24,26)/t17-/m0/s1. The van der Waals surface area contributed by atoms with Crippen molar-refractivity contribution < 1.29 is 14.3 Å². The molecule has 1 aliphatic heterocycles. The molecule has 2 aromatic carbocycles. The molecule has 1 atom stereocenters. The number of carbonyl (C=O) groups is 2. The van der Waals surface area contributed by atoms with Gasteiger partial charge < -0.3 is 10.1 Å². The number of amides is 1. The quantitative estimate of drug-likeness (QED) is 0.757. The number of esters is 1. The van der Waals surface area contributed by atoms with Gasteiger partial charge in [-0.3, -0.25) is 9.69 Å². The van der Waals surface area contributed by atoms with Gasteiger partial charge in [0.1, 0.15) is 0 Å². The Labute approximate surface area is 166 Å². The van der Waals surface area contributed by atoms with Crippen molar-refractivity contribution in [2.75, 3.05) is 25.0 Å². The fraction of sp³-hybridized carbons (Fsp3) is 0.391. The lowest BCUT2D eigenvalue weighted by molar-refractivity contribution is 0.0526. The predicted molar refractivity (Wildman–Crippen MR) is 110 cm³/mol. The molecule has 0 spiro atoms. The summed E-state index contributed by atoms with van der Waals surface area (Å²) >= 11 is 0. The summed E-state index contributed by atoms with van der Waals surface area (Å²) in [4.78, 5) is 26.8. The summed E-state index contributed by atoms with van der Waals surface area (Å²) in [5.41, 5.74) is 2.81. The molecule has 28 heavy (non-hydrogen) atoms. The van der Waals surface area contributed by atoms with Crippen LogP contribution in [-0.2, 0) is 11.3 Å². The maximum atomic E-state index is 12.5.